The minimum atomic E-state index is -0.529. The van der Waals surface area contributed by atoms with Crippen LogP contribution in [-0.2, 0) is 27.2 Å². The zero-order valence-corrected chi connectivity index (χ0v) is 13.7. The number of amides is 1. The Kier molecular flexibility index (Phi) is 5.90. The van der Waals surface area contributed by atoms with E-state index < -0.39 is 5.97 Å². The van der Waals surface area contributed by atoms with Gasteiger partial charge in [-0.2, -0.15) is 0 Å². The van der Waals surface area contributed by atoms with E-state index in [1.165, 1.54) is 11.1 Å². The Hall–Kier alpha value is -2.17. The number of benzene rings is 1. The van der Waals surface area contributed by atoms with E-state index >= 15 is 0 Å². The number of ether oxygens (including phenoxy) is 1. The van der Waals surface area contributed by atoms with Crippen LogP contribution >= 0.6 is 0 Å². The van der Waals surface area contributed by atoms with E-state index in [0.717, 1.165) is 19.3 Å². The van der Waals surface area contributed by atoms with Crippen molar-refractivity contribution in [1.82, 2.24) is 5.32 Å². The summed E-state index contributed by atoms with van der Waals surface area (Å²) >= 11 is 0. The summed E-state index contributed by atoms with van der Waals surface area (Å²) in [7, 11) is 0. The molecule has 1 N–H and O–H groups in total. The Labute approximate surface area is 136 Å². The largest absolute Gasteiger partial charge is 0.456 e. The van der Waals surface area contributed by atoms with Gasteiger partial charge < -0.3 is 10.1 Å². The average molecular weight is 317 g/mol. The lowest BCUT2D eigenvalue weighted by atomic mass is 10.0. The smallest absolute Gasteiger partial charge is 0.306 e. The first-order valence-electron chi connectivity index (χ1n) is 8.05. The molecule has 124 valence electrons. The molecule has 0 saturated heterocycles. The van der Waals surface area contributed by atoms with Gasteiger partial charge in [-0.25, -0.2) is 0 Å². The summed E-state index contributed by atoms with van der Waals surface area (Å²) in [6.45, 7) is 3.36. The molecule has 1 aromatic rings. The molecule has 1 aliphatic carbocycles. The van der Waals surface area contributed by atoms with Crippen LogP contribution in [0, 0.1) is 0 Å². The molecule has 23 heavy (non-hydrogen) atoms. The van der Waals surface area contributed by atoms with Crippen molar-refractivity contribution in [3.05, 3.63) is 34.9 Å². The summed E-state index contributed by atoms with van der Waals surface area (Å²) in [6, 6.07) is 5.77. The van der Waals surface area contributed by atoms with Crippen molar-refractivity contribution < 1.29 is 19.1 Å². The van der Waals surface area contributed by atoms with E-state index in [0.29, 0.717) is 5.56 Å². The Balaban J connectivity index is 1.76. The first-order chi connectivity index (χ1) is 11.0. The molecule has 2 rings (SSSR count). The van der Waals surface area contributed by atoms with Gasteiger partial charge in [-0.3, -0.25) is 14.4 Å². The number of ketones is 1. The van der Waals surface area contributed by atoms with Gasteiger partial charge in [-0.15, -0.1) is 0 Å². The molecule has 5 nitrogen and oxygen atoms in total. The van der Waals surface area contributed by atoms with Crippen LogP contribution in [0.4, 0.5) is 0 Å². The molecule has 1 aromatic carbocycles. The van der Waals surface area contributed by atoms with Crippen molar-refractivity contribution >= 4 is 17.7 Å². The van der Waals surface area contributed by atoms with Gasteiger partial charge in [0.25, 0.3) is 5.91 Å². The standard InChI is InChI=1S/C18H23NO4/c1-12(2)19-17(21)11-23-18(22)9-8-16(20)15-7-6-13-4-3-5-14(13)10-15/h6-7,10,12H,3-5,8-9,11H2,1-2H3,(H,19,21). The van der Waals surface area contributed by atoms with Crippen LogP contribution in [0.2, 0.25) is 0 Å². The number of rotatable bonds is 7. The molecule has 0 bridgehead atoms. The SMILES string of the molecule is CC(C)NC(=O)COC(=O)CCC(=O)c1ccc2c(c1)CCC2. The van der Waals surface area contributed by atoms with Crippen molar-refractivity contribution in [2.75, 3.05) is 6.61 Å². The molecular weight excluding hydrogens is 294 g/mol. The molecule has 0 heterocycles. The number of aryl methyl sites for hydroxylation is 2. The van der Waals surface area contributed by atoms with E-state index in [9.17, 15) is 14.4 Å². The highest BCUT2D eigenvalue weighted by molar-refractivity contribution is 5.97. The third-order valence-corrected chi connectivity index (χ3v) is 3.79. The fraction of sp³-hybridized carbons (Fsp3) is 0.500. The lowest BCUT2D eigenvalue weighted by Crippen LogP contribution is -2.34. The molecule has 0 spiro atoms. The molecular formula is C18H23NO4. The maximum atomic E-state index is 12.1. The number of carbonyl (C=O) groups excluding carboxylic acids is 3. The maximum absolute atomic E-state index is 12.1. The van der Waals surface area contributed by atoms with Gasteiger partial charge in [0.1, 0.15) is 0 Å². The molecule has 0 aromatic heterocycles. The number of hydrogen-bond donors (Lipinski definition) is 1. The van der Waals surface area contributed by atoms with Crippen LogP contribution < -0.4 is 5.32 Å². The van der Waals surface area contributed by atoms with Gasteiger partial charge in [0, 0.05) is 18.0 Å². The summed E-state index contributed by atoms with van der Waals surface area (Å²) in [5, 5.41) is 2.63. The van der Waals surface area contributed by atoms with Crippen LogP contribution in [0.3, 0.4) is 0 Å². The Morgan fingerprint density at radius 1 is 1.13 bits per heavy atom. The lowest BCUT2D eigenvalue weighted by Gasteiger charge is -2.09. The second kappa shape index (κ2) is 7.90. The minimum absolute atomic E-state index is 0.00240. The van der Waals surface area contributed by atoms with E-state index in [4.69, 9.17) is 4.74 Å². The maximum Gasteiger partial charge on any atom is 0.306 e. The number of hydrogen-bond acceptors (Lipinski definition) is 4. The van der Waals surface area contributed by atoms with Crippen LogP contribution in [0.25, 0.3) is 0 Å². The Bertz CT molecular complexity index is 607. The highest BCUT2D eigenvalue weighted by Crippen LogP contribution is 2.23. The molecule has 1 amide bonds. The number of fused-ring (bicyclic) bond motifs is 1. The number of carbonyl (C=O) groups is 3. The van der Waals surface area contributed by atoms with Crippen LogP contribution in [0.5, 0.6) is 0 Å². The zero-order valence-electron chi connectivity index (χ0n) is 13.7. The lowest BCUT2D eigenvalue weighted by molar-refractivity contribution is -0.148. The molecule has 0 radical (unpaired) electrons. The molecule has 0 saturated carbocycles. The molecule has 1 aliphatic rings. The highest BCUT2D eigenvalue weighted by atomic mass is 16.5. The quantitative estimate of drug-likeness (QED) is 0.618. The summed E-state index contributed by atoms with van der Waals surface area (Å²) in [6.07, 6.45) is 3.32. The zero-order chi connectivity index (χ0) is 16.8. The molecule has 0 atom stereocenters. The number of esters is 1. The number of nitrogens with one attached hydrogen (secondary N) is 1. The van der Waals surface area contributed by atoms with Crippen molar-refractivity contribution in [2.24, 2.45) is 0 Å². The third-order valence-electron chi connectivity index (χ3n) is 3.79. The summed E-state index contributed by atoms with van der Waals surface area (Å²) in [5.41, 5.74) is 3.21. The fourth-order valence-electron chi connectivity index (χ4n) is 2.69. The predicted octanol–water partition coefficient (Wildman–Crippen LogP) is 2.21. The van der Waals surface area contributed by atoms with Gasteiger partial charge in [-0.1, -0.05) is 12.1 Å². The van der Waals surface area contributed by atoms with E-state index in [-0.39, 0.29) is 37.2 Å². The van der Waals surface area contributed by atoms with Gasteiger partial charge in [-0.05, 0) is 50.3 Å². The van der Waals surface area contributed by atoms with Gasteiger partial charge in [0.15, 0.2) is 12.4 Å². The van der Waals surface area contributed by atoms with Crippen LogP contribution in [0.15, 0.2) is 18.2 Å². The Morgan fingerprint density at radius 2 is 1.87 bits per heavy atom. The highest BCUT2D eigenvalue weighted by Gasteiger charge is 2.15. The minimum Gasteiger partial charge on any atom is -0.456 e. The van der Waals surface area contributed by atoms with Crippen molar-refractivity contribution in [3.63, 3.8) is 0 Å². The first kappa shape index (κ1) is 17.2. The van der Waals surface area contributed by atoms with E-state index in [2.05, 4.69) is 5.32 Å². The average Bonchev–Trinajstić information content (AvgIpc) is 2.97. The van der Waals surface area contributed by atoms with E-state index in [1.807, 2.05) is 32.0 Å². The van der Waals surface area contributed by atoms with Gasteiger partial charge >= 0.3 is 5.97 Å². The van der Waals surface area contributed by atoms with Gasteiger partial charge in [0.05, 0.1) is 6.42 Å². The summed E-state index contributed by atoms with van der Waals surface area (Å²) in [5.74, 6) is -0.931. The van der Waals surface area contributed by atoms with Crippen molar-refractivity contribution in [3.8, 4) is 0 Å². The Morgan fingerprint density at radius 3 is 2.61 bits per heavy atom. The third kappa shape index (κ3) is 5.20. The monoisotopic (exact) mass is 317 g/mol. The molecule has 0 fully saturated rings. The van der Waals surface area contributed by atoms with Crippen molar-refractivity contribution in [1.29, 1.82) is 0 Å². The first-order valence-corrected chi connectivity index (χ1v) is 8.05. The second-order valence-corrected chi connectivity index (χ2v) is 6.14. The molecule has 0 aliphatic heterocycles. The summed E-state index contributed by atoms with van der Waals surface area (Å²) < 4.78 is 4.86. The van der Waals surface area contributed by atoms with Gasteiger partial charge in [0.2, 0.25) is 0 Å². The van der Waals surface area contributed by atoms with Crippen LogP contribution in [-0.4, -0.2) is 30.3 Å². The fourth-order valence-corrected chi connectivity index (χ4v) is 2.69. The van der Waals surface area contributed by atoms with Crippen molar-refractivity contribution in [2.45, 2.75) is 52.0 Å². The predicted molar refractivity (Wildman–Crippen MR) is 86.3 cm³/mol. The van der Waals surface area contributed by atoms with E-state index in [1.54, 1.807) is 0 Å². The second-order valence-electron chi connectivity index (χ2n) is 6.14. The molecule has 0 unspecified atom stereocenters. The normalized spacial score (nSPS) is 12.8. The van der Waals surface area contributed by atoms with Crippen LogP contribution in [0.1, 0.15) is 54.6 Å². The summed E-state index contributed by atoms with van der Waals surface area (Å²) in [4.78, 5) is 35.1. The number of Topliss-reactive ketones (excluding diaryl/α,β-unsaturated/α-hetero) is 1. The molecule has 5 heteroatoms. The topological polar surface area (TPSA) is 72.5 Å².